The molecule has 0 amide bonds. The van der Waals surface area contributed by atoms with Gasteiger partial charge in [-0.15, -0.1) is 0 Å². The molecule has 0 unspecified atom stereocenters. The Morgan fingerprint density at radius 1 is 0.630 bits per heavy atom. The van der Waals surface area contributed by atoms with Crippen molar-refractivity contribution in [2.24, 2.45) is 0 Å². The standard InChI is InChI=1S/C43H37N2O/c1-30-26-36(27-34(42(30)46)24-25-41-43(2,3)37-22-14-15-23-38(37)44(41)4)45-39(32-18-10-6-11-19-32)28-35(31-16-8-5-9-17-31)29-40(45)33-20-12-7-13-21-33/h5-29H,1-4H3/q+1/b34-24-,41-25-. The quantitative estimate of drug-likeness (QED) is 0.149. The molecule has 0 radical (unpaired) electrons. The van der Waals surface area contributed by atoms with Gasteiger partial charge in [0.25, 0.3) is 0 Å². The third-order valence-corrected chi connectivity index (χ3v) is 9.22. The highest BCUT2D eigenvalue weighted by molar-refractivity contribution is 6.13. The second-order valence-electron chi connectivity index (χ2n) is 12.5. The zero-order chi connectivity index (χ0) is 31.8. The average molecular weight is 598 g/mol. The largest absolute Gasteiger partial charge is 0.347 e. The summed E-state index contributed by atoms with van der Waals surface area (Å²) in [5, 5.41) is 0. The highest BCUT2D eigenvalue weighted by Crippen LogP contribution is 2.46. The number of Topliss-reactive ketones (excluding diaryl/α,β-unsaturated/α-hetero) is 1. The minimum Gasteiger partial charge on any atom is -0.347 e. The molecule has 0 saturated carbocycles. The smallest absolute Gasteiger partial charge is 0.219 e. The maximum atomic E-state index is 13.7. The number of allylic oxidation sites excluding steroid dienone is 8. The van der Waals surface area contributed by atoms with Crippen LogP contribution in [0.3, 0.4) is 0 Å². The minimum atomic E-state index is -0.180. The average Bonchev–Trinajstić information content (AvgIpc) is 3.29. The van der Waals surface area contributed by atoms with Gasteiger partial charge in [0.1, 0.15) is 0 Å². The van der Waals surface area contributed by atoms with Crippen LogP contribution in [0.5, 0.6) is 0 Å². The lowest BCUT2D eigenvalue weighted by Gasteiger charge is -2.24. The molecule has 2 aliphatic rings. The van der Waals surface area contributed by atoms with Crippen LogP contribution in [0.4, 0.5) is 5.69 Å². The molecule has 0 fully saturated rings. The molecule has 46 heavy (non-hydrogen) atoms. The molecule has 3 heteroatoms. The van der Waals surface area contributed by atoms with Crippen LogP contribution in [0.15, 0.2) is 169 Å². The van der Waals surface area contributed by atoms with E-state index in [9.17, 15) is 4.79 Å². The lowest BCUT2D eigenvalue weighted by molar-refractivity contribution is -0.554. The van der Waals surface area contributed by atoms with Gasteiger partial charge in [0.05, 0.1) is 0 Å². The highest BCUT2D eigenvalue weighted by Gasteiger charge is 2.38. The molecule has 4 aromatic carbocycles. The van der Waals surface area contributed by atoms with E-state index in [4.69, 9.17) is 0 Å². The molecule has 1 aliphatic heterocycles. The normalized spacial score (nSPS) is 17.2. The second-order valence-corrected chi connectivity index (χ2v) is 12.5. The number of hydrogen-bond donors (Lipinski definition) is 0. The molecule has 5 aromatic rings. The van der Waals surface area contributed by atoms with Crippen LogP contribution >= 0.6 is 0 Å². The summed E-state index contributed by atoms with van der Waals surface area (Å²) in [4.78, 5) is 15.9. The number of benzene rings is 4. The first kappa shape index (κ1) is 29.2. The minimum absolute atomic E-state index is 0.0422. The summed E-state index contributed by atoms with van der Waals surface area (Å²) in [6.07, 6.45) is 8.19. The molecule has 0 spiro atoms. The van der Waals surface area contributed by atoms with Gasteiger partial charge in [0.15, 0.2) is 5.78 Å². The zero-order valence-corrected chi connectivity index (χ0v) is 26.7. The van der Waals surface area contributed by atoms with Gasteiger partial charge in [0.2, 0.25) is 17.1 Å². The maximum absolute atomic E-state index is 13.7. The van der Waals surface area contributed by atoms with Crippen molar-refractivity contribution in [3.63, 3.8) is 0 Å². The number of carbonyl (C=O) groups excluding carboxylic acids is 1. The number of para-hydroxylation sites is 1. The predicted molar refractivity (Wildman–Crippen MR) is 190 cm³/mol. The summed E-state index contributed by atoms with van der Waals surface area (Å²) in [6.45, 7) is 6.41. The Balaban J connectivity index is 1.45. The molecule has 224 valence electrons. The van der Waals surface area contributed by atoms with Gasteiger partial charge in [-0.2, -0.15) is 4.57 Å². The Labute approximate surface area is 271 Å². The Morgan fingerprint density at radius 2 is 1.15 bits per heavy atom. The number of anilines is 1. The van der Waals surface area contributed by atoms with E-state index in [1.807, 2.05) is 43.4 Å². The van der Waals surface area contributed by atoms with E-state index in [0.29, 0.717) is 11.1 Å². The van der Waals surface area contributed by atoms with Gasteiger partial charge >= 0.3 is 0 Å². The zero-order valence-electron chi connectivity index (χ0n) is 26.7. The molecule has 3 nitrogen and oxygen atoms in total. The van der Waals surface area contributed by atoms with E-state index in [0.717, 1.165) is 45.0 Å². The van der Waals surface area contributed by atoms with Crippen molar-refractivity contribution in [1.29, 1.82) is 0 Å². The molecule has 0 bridgehead atoms. The lowest BCUT2D eigenvalue weighted by atomic mass is 9.83. The first-order valence-electron chi connectivity index (χ1n) is 15.8. The number of likely N-dealkylation sites (N-methyl/N-ethyl adjacent to an activating group) is 1. The van der Waals surface area contributed by atoms with Crippen LogP contribution in [0.25, 0.3) is 39.3 Å². The fraction of sp³-hybridized carbons (Fsp3) is 0.116. The number of aromatic nitrogens is 1. The molecular formula is C43H37N2O+. The number of ketones is 1. The number of fused-ring (bicyclic) bond motifs is 1. The lowest BCUT2D eigenvalue weighted by Crippen LogP contribution is -2.38. The fourth-order valence-electron chi connectivity index (χ4n) is 6.82. The summed E-state index contributed by atoms with van der Waals surface area (Å²) in [6, 6.07) is 44.6. The van der Waals surface area contributed by atoms with E-state index in [1.54, 1.807) is 0 Å². The van der Waals surface area contributed by atoms with E-state index in [-0.39, 0.29) is 11.2 Å². The van der Waals surface area contributed by atoms with E-state index in [1.165, 1.54) is 11.3 Å². The molecule has 0 N–H and O–H groups in total. The monoisotopic (exact) mass is 597 g/mol. The van der Waals surface area contributed by atoms with Crippen molar-refractivity contribution in [1.82, 2.24) is 0 Å². The first-order valence-corrected chi connectivity index (χ1v) is 15.8. The van der Waals surface area contributed by atoms with Gasteiger partial charge in [-0.05, 0) is 66.1 Å². The van der Waals surface area contributed by atoms with Gasteiger partial charge in [-0.1, -0.05) is 98.8 Å². The predicted octanol–water partition coefficient (Wildman–Crippen LogP) is 9.58. The molecule has 0 atom stereocenters. The Morgan fingerprint density at radius 3 is 1.72 bits per heavy atom. The Kier molecular flexibility index (Phi) is 7.46. The number of rotatable bonds is 5. The van der Waals surface area contributed by atoms with Crippen molar-refractivity contribution >= 4 is 17.2 Å². The number of pyridine rings is 1. The third kappa shape index (κ3) is 5.14. The van der Waals surface area contributed by atoms with Crippen LogP contribution in [0.2, 0.25) is 0 Å². The second kappa shape index (κ2) is 11.8. The number of carbonyl (C=O) groups is 1. The van der Waals surface area contributed by atoms with Crippen molar-refractivity contribution < 1.29 is 9.36 Å². The van der Waals surface area contributed by atoms with Gasteiger partial charge in [-0.25, -0.2) is 0 Å². The van der Waals surface area contributed by atoms with Crippen molar-refractivity contribution in [3.8, 4) is 33.6 Å². The van der Waals surface area contributed by atoms with Gasteiger partial charge < -0.3 is 4.90 Å². The van der Waals surface area contributed by atoms with Crippen molar-refractivity contribution in [2.45, 2.75) is 26.2 Å². The van der Waals surface area contributed by atoms with Crippen LogP contribution in [0, 0.1) is 0 Å². The summed E-state index contributed by atoms with van der Waals surface area (Å²) in [7, 11) is 2.11. The van der Waals surface area contributed by atoms with E-state index in [2.05, 4.69) is 146 Å². The molecule has 0 saturated heterocycles. The summed E-state index contributed by atoms with van der Waals surface area (Å²) >= 11 is 0. The topological polar surface area (TPSA) is 24.2 Å². The van der Waals surface area contributed by atoms with Gasteiger partial charge in [-0.3, -0.25) is 4.79 Å². The Hall–Kier alpha value is -5.54. The molecule has 1 aromatic heterocycles. The van der Waals surface area contributed by atoms with E-state index < -0.39 is 0 Å². The van der Waals surface area contributed by atoms with Crippen LogP contribution in [-0.2, 0) is 10.2 Å². The third-order valence-electron chi connectivity index (χ3n) is 9.22. The molecule has 2 heterocycles. The number of hydrogen-bond acceptors (Lipinski definition) is 2. The van der Waals surface area contributed by atoms with Crippen molar-refractivity contribution in [2.75, 3.05) is 11.9 Å². The van der Waals surface area contributed by atoms with Crippen LogP contribution in [-0.4, -0.2) is 12.8 Å². The Bertz CT molecular complexity index is 2020. The number of nitrogens with zero attached hydrogens (tertiary/aromatic N) is 2. The van der Waals surface area contributed by atoms with E-state index >= 15 is 0 Å². The first-order chi connectivity index (χ1) is 22.3. The van der Waals surface area contributed by atoms with Crippen LogP contribution < -0.4 is 9.47 Å². The summed E-state index contributed by atoms with van der Waals surface area (Å²) in [5.41, 5.74) is 12.4. The fourth-order valence-corrected chi connectivity index (χ4v) is 6.82. The summed E-state index contributed by atoms with van der Waals surface area (Å²) in [5.74, 6) is 0.0422. The van der Waals surface area contributed by atoms with Crippen molar-refractivity contribution in [3.05, 3.63) is 174 Å². The highest BCUT2D eigenvalue weighted by atomic mass is 16.1. The van der Waals surface area contributed by atoms with Gasteiger partial charge in [0, 0.05) is 70.4 Å². The molecule has 7 rings (SSSR count). The van der Waals surface area contributed by atoms with Crippen LogP contribution in [0.1, 0.15) is 26.3 Å². The maximum Gasteiger partial charge on any atom is 0.219 e. The molecular weight excluding hydrogens is 560 g/mol. The molecule has 1 aliphatic carbocycles. The SMILES string of the molecule is CC1=CC([n+]2c(-c3ccccc3)cc(-c3ccccc3)cc2-c2ccccc2)=C/C(=C/C=C2\N(C)c3ccccc3C2(C)C)C1=O. The summed E-state index contributed by atoms with van der Waals surface area (Å²) < 4.78 is 2.30.